The van der Waals surface area contributed by atoms with Gasteiger partial charge in [0, 0.05) is 12.1 Å². The van der Waals surface area contributed by atoms with Crippen LogP contribution in [0.1, 0.15) is 12.1 Å². The van der Waals surface area contributed by atoms with Crippen LogP contribution in [-0.2, 0) is 16.4 Å². The number of fused-ring (bicyclic) bond motifs is 1. The highest BCUT2D eigenvalue weighted by Crippen LogP contribution is 2.33. The third-order valence-corrected chi connectivity index (χ3v) is 7.29. The van der Waals surface area contributed by atoms with Gasteiger partial charge in [0.2, 0.25) is 0 Å². The molecule has 3 heterocycles. The minimum Gasteiger partial charge on any atom is -0.264 e. The van der Waals surface area contributed by atoms with Crippen LogP contribution in [0.3, 0.4) is 0 Å². The van der Waals surface area contributed by atoms with Crippen molar-refractivity contribution in [3.05, 3.63) is 65.7 Å². The van der Waals surface area contributed by atoms with Crippen LogP contribution >= 0.6 is 11.3 Å². The number of sulfonamides is 1. The van der Waals surface area contributed by atoms with E-state index in [1.807, 2.05) is 42.5 Å². The van der Waals surface area contributed by atoms with E-state index in [0.717, 1.165) is 29.8 Å². The van der Waals surface area contributed by atoms with Gasteiger partial charge in [0.1, 0.15) is 4.21 Å². The summed E-state index contributed by atoms with van der Waals surface area (Å²) in [7, 11) is -3.50. The Labute approximate surface area is 145 Å². The summed E-state index contributed by atoms with van der Waals surface area (Å²) >= 11 is 1.25. The summed E-state index contributed by atoms with van der Waals surface area (Å²) in [6.45, 7) is 0.500. The molecule has 122 valence electrons. The van der Waals surface area contributed by atoms with Gasteiger partial charge in [-0.15, -0.1) is 11.3 Å². The van der Waals surface area contributed by atoms with Crippen LogP contribution in [0.15, 0.2) is 64.2 Å². The maximum atomic E-state index is 12.9. The molecule has 0 fully saturated rings. The average Bonchev–Trinajstić information content (AvgIpc) is 3.17. The number of thiophene rings is 1. The van der Waals surface area contributed by atoms with Crippen molar-refractivity contribution in [2.24, 2.45) is 0 Å². The van der Waals surface area contributed by atoms with E-state index < -0.39 is 10.0 Å². The number of hydrogen-bond acceptors (Lipinski definition) is 4. The monoisotopic (exact) mass is 356 g/mol. The third kappa shape index (κ3) is 2.61. The zero-order valence-electron chi connectivity index (χ0n) is 12.9. The quantitative estimate of drug-likeness (QED) is 0.714. The Bertz CT molecular complexity index is 952. The van der Waals surface area contributed by atoms with Crippen LogP contribution in [0.4, 0.5) is 5.69 Å². The van der Waals surface area contributed by atoms with Gasteiger partial charge in [0.15, 0.2) is 0 Å². The molecule has 1 aromatic carbocycles. The van der Waals surface area contributed by atoms with Crippen molar-refractivity contribution >= 4 is 27.0 Å². The Morgan fingerprint density at radius 2 is 1.83 bits per heavy atom. The van der Waals surface area contributed by atoms with Crippen molar-refractivity contribution < 1.29 is 8.42 Å². The number of hydrogen-bond donors (Lipinski definition) is 0. The van der Waals surface area contributed by atoms with Crippen molar-refractivity contribution in [3.8, 4) is 11.3 Å². The Kier molecular flexibility index (Phi) is 3.86. The van der Waals surface area contributed by atoms with Crippen LogP contribution < -0.4 is 4.31 Å². The number of benzene rings is 1. The van der Waals surface area contributed by atoms with E-state index in [4.69, 9.17) is 4.98 Å². The molecule has 1 aliphatic heterocycles. The molecule has 0 saturated heterocycles. The number of aryl methyl sites for hydroxylation is 1. The minimum absolute atomic E-state index is 0.377. The lowest BCUT2D eigenvalue weighted by molar-refractivity contribution is 0.588. The van der Waals surface area contributed by atoms with Crippen molar-refractivity contribution in [2.45, 2.75) is 17.1 Å². The Hall–Kier alpha value is -2.18. The van der Waals surface area contributed by atoms with Crippen LogP contribution in [0.5, 0.6) is 0 Å². The van der Waals surface area contributed by atoms with Gasteiger partial charge in [-0.25, -0.2) is 8.42 Å². The first-order valence-electron chi connectivity index (χ1n) is 7.78. The van der Waals surface area contributed by atoms with E-state index in [0.29, 0.717) is 16.4 Å². The fraction of sp³-hybridized carbons (Fsp3) is 0.167. The largest absolute Gasteiger partial charge is 0.273 e. The summed E-state index contributed by atoms with van der Waals surface area (Å²) < 4.78 is 27.6. The van der Waals surface area contributed by atoms with E-state index in [9.17, 15) is 8.42 Å². The molecule has 1 aliphatic rings. The molecule has 2 aromatic heterocycles. The maximum Gasteiger partial charge on any atom is 0.273 e. The topological polar surface area (TPSA) is 50.3 Å². The lowest BCUT2D eigenvalue weighted by atomic mass is 10.1. The highest BCUT2D eigenvalue weighted by molar-refractivity contribution is 7.94. The summed E-state index contributed by atoms with van der Waals surface area (Å²) in [5.74, 6) is 0. The number of pyridine rings is 1. The SMILES string of the molecule is O=S(=O)(c1cccs1)N1CCCc2nc(-c3ccccc3)ccc21. The second-order valence-electron chi connectivity index (χ2n) is 5.64. The van der Waals surface area contributed by atoms with Crippen LogP contribution in [0.25, 0.3) is 11.3 Å². The second kappa shape index (κ2) is 6.03. The zero-order valence-corrected chi connectivity index (χ0v) is 14.6. The average molecular weight is 356 g/mol. The molecular weight excluding hydrogens is 340 g/mol. The van der Waals surface area contributed by atoms with Crippen molar-refractivity contribution in [3.63, 3.8) is 0 Å². The Morgan fingerprint density at radius 3 is 2.58 bits per heavy atom. The molecule has 4 nitrogen and oxygen atoms in total. The van der Waals surface area contributed by atoms with Gasteiger partial charge in [0.25, 0.3) is 10.0 Å². The van der Waals surface area contributed by atoms with E-state index in [-0.39, 0.29) is 0 Å². The Morgan fingerprint density at radius 1 is 1.00 bits per heavy atom. The molecule has 0 radical (unpaired) electrons. The van der Waals surface area contributed by atoms with Gasteiger partial charge in [-0.05, 0) is 36.4 Å². The van der Waals surface area contributed by atoms with Gasteiger partial charge in [-0.1, -0.05) is 36.4 Å². The summed E-state index contributed by atoms with van der Waals surface area (Å²) in [6, 6.07) is 17.1. The molecule has 24 heavy (non-hydrogen) atoms. The van der Waals surface area contributed by atoms with E-state index in [2.05, 4.69) is 0 Å². The van der Waals surface area contributed by atoms with E-state index in [1.54, 1.807) is 17.5 Å². The van der Waals surface area contributed by atoms with Crippen molar-refractivity contribution in [1.82, 2.24) is 4.98 Å². The Balaban J connectivity index is 1.77. The predicted octanol–water partition coefficient (Wildman–Crippen LogP) is 3.95. The van der Waals surface area contributed by atoms with Gasteiger partial charge < -0.3 is 0 Å². The van der Waals surface area contributed by atoms with E-state index >= 15 is 0 Å². The normalized spacial score (nSPS) is 14.4. The van der Waals surface area contributed by atoms with Crippen molar-refractivity contribution in [1.29, 1.82) is 0 Å². The molecule has 0 saturated carbocycles. The number of nitrogens with zero attached hydrogens (tertiary/aromatic N) is 2. The van der Waals surface area contributed by atoms with Crippen LogP contribution in [0.2, 0.25) is 0 Å². The molecule has 4 rings (SSSR count). The minimum atomic E-state index is -3.50. The molecule has 0 aliphatic carbocycles. The van der Waals surface area contributed by atoms with Gasteiger partial charge in [-0.2, -0.15) is 0 Å². The maximum absolute atomic E-state index is 12.9. The molecule has 0 bridgehead atoms. The molecule has 0 N–H and O–H groups in total. The predicted molar refractivity (Wildman–Crippen MR) is 96.8 cm³/mol. The lowest BCUT2D eigenvalue weighted by Crippen LogP contribution is -2.35. The van der Waals surface area contributed by atoms with Gasteiger partial charge in [0.05, 0.1) is 17.1 Å². The molecule has 0 spiro atoms. The van der Waals surface area contributed by atoms with Gasteiger partial charge in [-0.3, -0.25) is 9.29 Å². The zero-order chi connectivity index (χ0) is 16.6. The summed E-state index contributed by atoms with van der Waals surface area (Å²) in [5, 5.41) is 1.79. The first-order valence-corrected chi connectivity index (χ1v) is 10.1. The first kappa shape index (κ1) is 15.4. The van der Waals surface area contributed by atoms with Crippen molar-refractivity contribution in [2.75, 3.05) is 10.8 Å². The number of anilines is 1. The molecule has 3 aromatic rings. The summed E-state index contributed by atoms with van der Waals surface area (Å²) in [5.41, 5.74) is 3.47. The molecule has 0 amide bonds. The molecular formula is C18H16N2O2S2. The fourth-order valence-electron chi connectivity index (χ4n) is 2.95. The highest BCUT2D eigenvalue weighted by atomic mass is 32.2. The smallest absolute Gasteiger partial charge is 0.264 e. The molecule has 6 heteroatoms. The lowest BCUT2D eigenvalue weighted by Gasteiger charge is -2.29. The van der Waals surface area contributed by atoms with Crippen LogP contribution in [0, 0.1) is 0 Å². The molecule has 0 unspecified atom stereocenters. The second-order valence-corrected chi connectivity index (χ2v) is 8.68. The first-order chi connectivity index (χ1) is 11.7. The van der Waals surface area contributed by atoms with Crippen LogP contribution in [-0.4, -0.2) is 19.9 Å². The standard InChI is InChI=1S/C18H16N2O2S2/c21-24(22,18-9-5-13-23-18)20-12-4-8-16-17(20)11-10-15(19-16)14-6-2-1-3-7-14/h1-3,5-7,9-11,13H,4,8,12H2. The summed E-state index contributed by atoms with van der Waals surface area (Å²) in [4.78, 5) is 4.73. The molecule has 0 atom stereocenters. The van der Waals surface area contributed by atoms with E-state index in [1.165, 1.54) is 15.6 Å². The van der Waals surface area contributed by atoms with Gasteiger partial charge >= 0.3 is 0 Å². The fourth-order valence-corrected chi connectivity index (χ4v) is 5.59. The number of rotatable bonds is 3. The highest BCUT2D eigenvalue weighted by Gasteiger charge is 2.30. The number of aromatic nitrogens is 1. The summed E-state index contributed by atoms with van der Waals surface area (Å²) in [6.07, 6.45) is 1.58. The third-order valence-electron chi connectivity index (χ3n) is 4.10.